The summed E-state index contributed by atoms with van der Waals surface area (Å²) in [6.07, 6.45) is 1.22. The van der Waals surface area contributed by atoms with E-state index in [-0.39, 0.29) is 56.3 Å². The van der Waals surface area contributed by atoms with Gasteiger partial charge in [-0.05, 0) is 6.07 Å². The van der Waals surface area contributed by atoms with Crippen LogP contribution in [-0.2, 0) is 10.1 Å². The predicted molar refractivity (Wildman–Crippen MR) is 46.3 cm³/mol. The molecule has 0 saturated heterocycles. The Hall–Kier alpha value is 0.306. The number of aromatic amines is 1. The van der Waals surface area contributed by atoms with Crippen LogP contribution in [-0.4, -0.2) is 18.0 Å². The van der Waals surface area contributed by atoms with Crippen LogP contribution in [0.4, 0.5) is 0 Å². The Labute approximate surface area is 124 Å². The van der Waals surface area contributed by atoms with E-state index >= 15 is 0 Å². The van der Waals surface area contributed by atoms with Crippen molar-refractivity contribution in [2.75, 3.05) is 0 Å². The van der Waals surface area contributed by atoms with Gasteiger partial charge in [-0.1, -0.05) is 18.2 Å². The molecule has 14 heavy (non-hydrogen) atoms. The minimum Gasteiger partial charge on any atom is -0.744 e. The molecule has 0 unspecified atom stereocenters. The summed E-state index contributed by atoms with van der Waals surface area (Å²) in [6, 6.07) is 6.76. The Balaban J connectivity index is 0.000000980. The van der Waals surface area contributed by atoms with Gasteiger partial charge in [0.1, 0.15) is 10.1 Å². The van der Waals surface area contributed by atoms with Crippen molar-refractivity contribution in [3.63, 3.8) is 0 Å². The largest absolute Gasteiger partial charge is 1.00 e. The van der Waals surface area contributed by atoms with Gasteiger partial charge in [-0.15, -0.1) is 0 Å². The molecule has 0 atom stereocenters. The number of para-hydroxylation sites is 1. The minimum atomic E-state index is -4.37. The third-order valence-corrected chi connectivity index (χ3v) is 2.70. The Bertz CT molecular complexity index is 546. The van der Waals surface area contributed by atoms with Gasteiger partial charge in [-0.3, -0.25) is 0 Å². The summed E-state index contributed by atoms with van der Waals surface area (Å²) in [6.45, 7) is 0. The summed E-state index contributed by atoms with van der Waals surface area (Å²) in [4.78, 5) is 2.52. The first kappa shape index (κ1) is 12.4. The van der Waals surface area contributed by atoms with Crippen LogP contribution < -0.4 is 51.4 Å². The molecule has 0 radical (unpaired) electrons. The third kappa shape index (κ3) is 2.27. The first-order chi connectivity index (χ1) is 6.09. The number of aromatic nitrogens is 1. The second-order valence-corrected chi connectivity index (χ2v) is 4.00. The molecule has 6 heteroatoms. The van der Waals surface area contributed by atoms with Crippen molar-refractivity contribution in [3.8, 4) is 0 Å². The summed E-state index contributed by atoms with van der Waals surface area (Å²) >= 11 is 0. The fourth-order valence-corrected chi connectivity index (χ4v) is 1.90. The van der Waals surface area contributed by atoms with Crippen molar-refractivity contribution >= 4 is 21.0 Å². The second-order valence-electron chi connectivity index (χ2n) is 2.65. The molecule has 0 amide bonds. The molecule has 2 aromatic rings. The molecule has 0 aliphatic heterocycles. The Morgan fingerprint density at radius 2 is 1.86 bits per heavy atom. The fourth-order valence-electron chi connectivity index (χ4n) is 1.25. The van der Waals surface area contributed by atoms with Gasteiger partial charge in [0.05, 0.1) is 4.90 Å². The number of benzene rings is 1. The molecule has 1 N–H and O–H groups in total. The summed E-state index contributed by atoms with van der Waals surface area (Å²) in [5.74, 6) is 0. The van der Waals surface area contributed by atoms with Crippen molar-refractivity contribution < 1.29 is 64.4 Å². The van der Waals surface area contributed by atoms with Gasteiger partial charge in [0.25, 0.3) is 0 Å². The Morgan fingerprint density at radius 3 is 2.50 bits per heavy atom. The van der Waals surface area contributed by atoms with E-state index in [4.69, 9.17) is 0 Å². The molecule has 0 aliphatic rings. The maximum Gasteiger partial charge on any atom is 1.00 e. The fraction of sp³-hybridized carbons (Fsp3) is 0. The van der Waals surface area contributed by atoms with Crippen molar-refractivity contribution in [1.82, 2.24) is 4.98 Å². The molecule has 0 fully saturated rings. The van der Waals surface area contributed by atoms with Crippen LogP contribution in [0.1, 0.15) is 0 Å². The SMILES string of the molecule is O=S(=O)([O-])c1c[nH]c2ccccc12.[K+]. The topological polar surface area (TPSA) is 73.0 Å². The minimum absolute atomic E-state index is 0. The molecular weight excluding hydrogens is 229 g/mol. The molecule has 0 aliphatic carbocycles. The maximum atomic E-state index is 10.7. The molecule has 1 heterocycles. The number of fused-ring (bicyclic) bond motifs is 1. The maximum absolute atomic E-state index is 10.7. The van der Waals surface area contributed by atoms with E-state index in [2.05, 4.69) is 4.98 Å². The van der Waals surface area contributed by atoms with Gasteiger partial charge < -0.3 is 9.54 Å². The van der Waals surface area contributed by atoms with Gasteiger partial charge in [-0.25, -0.2) is 8.42 Å². The van der Waals surface area contributed by atoms with Crippen LogP contribution in [0.3, 0.4) is 0 Å². The van der Waals surface area contributed by atoms with Crippen molar-refractivity contribution in [2.24, 2.45) is 0 Å². The smallest absolute Gasteiger partial charge is 0.744 e. The molecule has 0 spiro atoms. The van der Waals surface area contributed by atoms with Crippen molar-refractivity contribution in [1.29, 1.82) is 0 Å². The van der Waals surface area contributed by atoms with Crippen LogP contribution in [0, 0.1) is 0 Å². The van der Waals surface area contributed by atoms with E-state index in [1.165, 1.54) is 6.20 Å². The number of hydrogen-bond acceptors (Lipinski definition) is 3. The van der Waals surface area contributed by atoms with Gasteiger partial charge in [0.15, 0.2) is 0 Å². The molecule has 0 bridgehead atoms. The average molecular weight is 235 g/mol. The van der Waals surface area contributed by atoms with E-state index < -0.39 is 10.1 Å². The van der Waals surface area contributed by atoms with Crippen LogP contribution in [0.5, 0.6) is 0 Å². The number of nitrogens with one attached hydrogen (secondary N) is 1. The average Bonchev–Trinajstić information content (AvgIpc) is 2.45. The van der Waals surface area contributed by atoms with Crippen LogP contribution in [0.15, 0.2) is 35.4 Å². The van der Waals surface area contributed by atoms with Gasteiger partial charge in [0, 0.05) is 17.1 Å². The second kappa shape index (κ2) is 4.44. The monoisotopic (exact) mass is 235 g/mol. The Morgan fingerprint density at radius 1 is 1.21 bits per heavy atom. The summed E-state index contributed by atoms with van der Waals surface area (Å²) in [5, 5.41) is 0.442. The van der Waals surface area contributed by atoms with Crippen LogP contribution in [0.25, 0.3) is 10.9 Å². The first-order valence-electron chi connectivity index (χ1n) is 3.61. The molecule has 1 aromatic carbocycles. The molecule has 1 aromatic heterocycles. The molecule has 0 saturated carbocycles. The van der Waals surface area contributed by atoms with Gasteiger partial charge in [-0.2, -0.15) is 0 Å². The zero-order chi connectivity index (χ0) is 9.47. The molecular formula is C8H6KNO3S. The van der Waals surface area contributed by atoms with Crippen molar-refractivity contribution in [2.45, 2.75) is 4.90 Å². The van der Waals surface area contributed by atoms with E-state index in [1.54, 1.807) is 24.3 Å². The third-order valence-electron chi connectivity index (χ3n) is 1.82. The van der Waals surface area contributed by atoms with E-state index in [9.17, 15) is 13.0 Å². The quantitative estimate of drug-likeness (QED) is 0.462. The van der Waals surface area contributed by atoms with Gasteiger partial charge in [0.2, 0.25) is 0 Å². The first-order valence-corrected chi connectivity index (χ1v) is 5.02. The molecule has 2 rings (SSSR count). The predicted octanol–water partition coefficient (Wildman–Crippen LogP) is -1.92. The number of hydrogen-bond donors (Lipinski definition) is 1. The van der Waals surface area contributed by atoms with Crippen LogP contribution in [0.2, 0.25) is 0 Å². The summed E-state index contributed by atoms with van der Waals surface area (Å²) in [5.41, 5.74) is 0.650. The molecule has 4 nitrogen and oxygen atoms in total. The summed E-state index contributed by atoms with van der Waals surface area (Å²) in [7, 11) is -4.37. The van der Waals surface area contributed by atoms with E-state index in [0.29, 0.717) is 10.9 Å². The zero-order valence-corrected chi connectivity index (χ0v) is 11.5. The number of H-pyrrole nitrogens is 1. The van der Waals surface area contributed by atoms with E-state index in [0.717, 1.165) is 0 Å². The van der Waals surface area contributed by atoms with Gasteiger partial charge >= 0.3 is 51.4 Å². The normalized spacial score (nSPS) is 11.2. The zero-order valence-electron chi connectivity index (χ0n) is 7.52. The summed E-state index contributed by atoms with van der Waals surface area (Å²) < 4.78 is 32.2. The molecule has 68 valence electrons. The van der Waals surface area contributed by atoms with Crippen molar-refractivity contribution in [3.05, 3.63) is 30.5 Å². The Kier molecular flexibility index (Phi) is 3.92. The van der Waals surface area contributed by atoms with Crippen LogP contribution >= 0.6 is 0 Å². The standard InChI is InChI=1S/C8H7NO3S.K/c10-13(11,12)8-5-9-7-4-2-1-3-6(7)8;/h1-5,9H,(H,10,11,12);/q;+1/p-1. The number of rotatable bonds is 1. The van der Waals surface area contributed by atoms with E-state index in [1.807, 2.05) is 0 Å².